The van der Waals surface area contributed by atoms with Crippen LogP contribution in [0.4, 0.5) is 4.79 Å². The maximum Gasteiger partial charge on any atom is 0.330 e. The largest absolute Gasteiger partial charge is 0.479 e. The molecule has 1 rings (SSSR count). The SMILES string of the molecule is CN(C)CCCNC(=O)N[C@@H](C(=O)O)c1ccccc1. The second-order valence-electron chi connectivity index (χ2n) is 4.74. The fourth-order valence-electron chi connectivity index (χ4n) is 1.71. The molecule has 0 aliphatic heterocycles. The van der Waals surface area contributed by atoms with Crippen molar-refractivity contribution in [2.24, 2.45) is 0 Å². The monoisotopic (exact) mass is 279 g/mol. The molecule has 2 amide bonds. The van der Waals surface area contributed by atoms with Crippen molar-refractivity contribution in [3.63, 3.8) is 0 Å². The number of nitrogens with one attached hydrogen (secondary N) is 2. The van der Waals surface area contributed by atoms with E-state index in [4.69, 9.17) is 0 Å². The zero-order valence-corrected chi connectivity index (χ0v) is 11.8. The molecule has 0 spiro atoms. The zero-order valence-electron chi connectivity index (χ0n) is 11.8. The summed E-state index contributed by atoms with van der Waals surface area (Å²) in [5.74, 6) is -1.08. The van der Waals surface area contributed by atoms with Gasteiger partial charge in [0.25, 0.3) is 0 Å². The molecule has 0 saturated heterocycles. The Hall–Kier alpha value is -2.08. The van der Waals surface area contributed by atoms with Crippen LogP contribution in [0.2, 0.25) is 0 Å². The van der Waals surface area contributed by atoms with Crippen LogP contribution >= 0.6 is 0 Å². The van der Waals surface area contributed by atoms with Crippen LogP contribution in [0, 0.1) is 0 Å². The Kier molecular flexibility index (Phi) is 6.52. The molecule has 6 nitrogen and oxygen atoms in total. The third-order valence-electron chi connectivity index (χ3n) is 2.72. The number of hydrogen-bond donors (Lipinski definition) is 3. The first-order valence-corrected chi connectivity index (χ1v) is 6.47. The number of carbonyl (C=O) groups is 2. The van der Waals surface area contributed by atoms with Gasteiger partial charge in [0.2, 0.25) is 0 Å². The number of carbonyl (C=O) groups excluding carboxylic acids is 1. The fraction of sp³-hybridized carbons (Fsp3) is 0.429. The highest BCUT2D eigenvalue weighted by molar-refractivity contribution is 5.83. The zero-order chi connectivity index (χ0) is 15.0. The normalized spacial score (nSPS) is 11.9. The van der Waals surface area contributed by atoms with Crippen LogP contribution < -0.4 is 10.6 Å². The van der Waals surface area contributed by atoms with Crippen LogP contribution in [-0.4, -0.2) is 49.2 Å². The van der Waals surface area contributed by atoms with E-state index in [0.717, 1.165) is 13.0 Å². The Morgan fingerprint density at radius 2 is 1.90 bits per heavy atom. The van der Waals surface area contributed by atoms with Crippen molar-refractivity contribution in [1.82, 2.24) is 15.5 Å². The van der Waals surface area contributed by atoms with Gasteiger partial charge in [-0.05, 0) is 32.6 Å². The minimum absolute atomic E-state index is 0.472. The van der Waals surface area contributed by atoms with Crippen molar-refractivity contribution >= 4 is 12.0 Å². The van der Waals surface area contributed by atoms with E-state index >= 15 is 0 Å². The molecular weight excluding hydrogens is 258 g/mol. The maximum absolute atomic E-state index is 11.7. The Balaban J connectivity index is 2.46. The lowest BCUT2D eigenvalue weighted by Crippen LogP contribution is -2.41. The summed E-state index contributed by atoms with van der Waals surface area (Å²) in [5, 5.41) is 14.3. The van der Waals surface area contributed by atoms with Crippen molar-refractivity contribution in [3.8, 4) is 0 Å². The van der Waals surface area contributed by atoms with Gasteiger partial charge in [-0.1, -0.05) is 30.3 Å². The second kappa shape index (κ2) is 8.16. The van der Waals surface area contributed by atoms with Gasteiger partial charge in [-0.15, -0.1) is 0 Å². The molecule has 6 heteroatoms. The highest BCUT2D eigenvalue weighted by Gasteiger charge is 2.21. The smallest absolute Gasteiger partial charge is 0.330 e. The Bertz CT molecular complexity index is 435. The molecule has 0 fully saturated rings. The number of urea groups is 1. The Morgan fingerprint density at radius 3 is 2.45 bits per heavy atom. The summed E-state index contributed by atoms with van der Waals surface area (Å²) in [4.78, 5) is 24.9. The Labute approximate surface area is 118 Å². The number of benzene rings is 1. The number of rotatable bonds is 7. The second-order valence-corrected chi connectivity index (χ2v) is 4.74. The van der Waals surface area contributed by atoms with Gasteiger partial charge in [0.05, 0.1) is 0 Å². The average molecular weight is 279 g/mol. The molecule has 1 atom stereocenters. The van der Waals surface area contributed by atoms with Gasteiger partial charge >= 0.3 is 12.0 Å². The van der Waals surface area contributed by atoms with Crippen LogP contribution in [0.1, 0.15) is 18.0 Å². The van der Waals surface area contributed by atoms with Crippen LogP contribution in [-0.2, 0) is 4.79 Å². The number of aliphatic carboxylic acids is 1. The first-order valence-electron chi connectivity index (χ1n) is 6.47. The summed E-state index contributed by atoms with van der Waals surface area (Å²) in [7, 11) is 3.91. The van der Waals surface area contributed by atoms with Gasteiger partial charge in [0.1, 0.15) is 0 Å². The van der Waals surface area contributed by atoms with Crippen molar-refractivity contribution in [3.05, 3.63) is 35.9 Å². The first-order chi connectivity index (χ1) is 9.50. The molecule has 20 heavy (non-hydrogen) atoms. The van der Waals surface area contributed by atoms with Gasteiger partial charge < -0.3 is 20.6 Å². The number of carboxylic acid groups (broad SMARTS) is 1. The molecule has 1 aromatic rings. The van der Waals surface area contributed by atoms with Gasteiger partial charge in [-0.3, -0.25) is 0 Å². The van der Waals surface area contributed by atoms with E-state index in [9.17, 15) is 14.7 Å². The lowest BCUT2D eigenvalue weighted by molar-refractivity contribution is -0.139. The lowest BCUT2D eigenvalue weighted by Gasteiger charge is -2.16. The maximum atomic E-state index is 11.7. The molecule has 3 N–H and O–H groups in total. The number of hydrogen-bond acceptors (Lipinski definition) is 3. The van der Waals surface area contributed by atoms with Gasteiger partial charge in [0, 0.05) is 6.54 Å². The highest BCUT2D eigenvalue weighted by Crippen LogP contribution is 2.12. The summed E-state index contributed by atoms with van der Waals surface area (Å²) in [5.41, 5.74) is 0.545. The average Bonchev–Trinajstić information content (AvgIpc) is 2.41. The summed E-state index contributed by atoms with van der Waals surface area (Å²) >= 11 is 0. The quantitative estimate of drug-likeness (QED) is 0.652. The van der Waals surface area contributed by atoms with E-state index in [2.05, 4.69) is 10.6 Å². The molecule has 0 radical (unpaired) electrons. The van der Waals surface area contributed by atoms with E-state index in [1.165, 1.54) is 0 Å². The van der Waals surface area contributed by atoms with Crippen molar-refractivity contribution in [2.45, 2.75) is 12.5 Å². The van der Waals surface area contributed by atoms with Crippen LogP contribution in [0.15, 0.2) is 30.3 Å². The van der Waals surface area contributed by atoms with Gasteiger partial charge in [-0.2, -0.15) is 0 Å². The molecule has 0 aromatic heterocycles. The minimum Gasteiger partial charge on any atom is -0.479 e. The number of carboxylic acids is 1. The molecule has 0 heterocycles. The molecule has 110 valence electrons. The fourth-order valence-corrected chi connectivity index (χ4v) is 1.71. The van der Waals surface area contributed by atoms with Crippen LogP contribution in [0.25, 0.3) is 0 Å². The highest BCUT2D eigenvalue weighted by atomic mass is 16.4. The van der Waals surface area contributed by atoms with Crippen LogP contribution in [0.5, 0.6) is 0 Å². The van der Waals surface area contributed by atoms with Crippen molar-refractivity contribution in [1.29, 1.82) is 0 Å². The van der Waals surface area contributed by atoms with E-state index in [1.54, 1.807) is 30.3 Å². The Morgan fingerprint density at radius 1 is 1.25 bits per heavy atom. The molecular formula is C14H21N3O3. The van der Waals surface area contributed by atoms with Crippen LogP contribution in [0.3, 0.4) is 0 Å². The van der Waals surface area contributed by atoms with Crippen molar-refractivity contribution < 1.29 is 14.7 Å². The van der Waals surface area contributed by atoms with E-state index in [0.29, 0.717) is 12.1 Å². The first kappa shape index (κ1) is 16.0. The summed E-state index contributed by atoms with van der Waals surface area (Å²) in [6.07, 6.45) is 0.809. The summed E-state index contributed by atoms with van der Waals surface area (Å²) in [6, 6.07) is 7.11. The molecule has 0 unspecified atom stereocenters. The van der Waals surface area contributed by atoms with Gasteiger partial charge in [-0.25, -0.2) is 9.59 Å². The predicted molar refractivity (Wildman–Crippen MR) is 76.5 cm³/mol. The lowest BCUT2D eigenvalue weighted by atomic mass is 10.1. The number of amides is 2. The third kappa shape index (κ3) is 5.71. The molecule has 0 bridgehead atoms. The predicted octanol–water partition coefficient (Wildman–Crippen LogP) is 1.06. The molecule has 0 saturated carbocycles. The third-order valence-corrected chi connectivity index (χ3v) is 2.72. The molecule has 0 aliphatic carbocycles. The van der Waals surface area contributed by atoms with E-state index in [-0.39, 0.29) is 0 Å². The topological polar surface area (TPSA) is 81.7 Å². The summed E-state index contributed by atoms with van der Waals surface area (Å²) < 4.78 is 0. The minimum atomic E-state index is -1.08. The summed E-state index contributed by atoms with van der Waals surface area (Å²) in [6.45, 7) is 1.37. The van der Waals surface area contributed by atoms with E-state index in [1.807, 2.05) is 19.0 Å². The molecule has 1 aromatic carbocycles. The standard InChI is InChI=1S/C14H21N3O3/c1-17(2)10-6-9-15-14(20)16-12(13(18)19)11-7-4-3-5-8-11/h3-5,7-8,12H,6,9-10H2,1-2H3,(H,18,19)(H2,15,16,20)/t12-/m1/s1. The number of nitrogens with zero attached hydrogens (tertiary/aromatic N) is 1. The molecule has 0 aliphatic rings. The van der Waals surface area contributed by atoms with Crippen molar-refractivity contribution in [2.75, 3.05) is 27.2 Å². The van der Waals surface area contributed by atoms with E-state index < -0.39 is 18.0 Å². The van der Waals surface area contributed by atoms with Gasteiger partial charge in [0.15, 0.2) is 6.04 Å².